The summed E-state index contributed by atoms with van der Waals surface area (Å²) < 4.78 is 37.9. The molecule has 0 radical (unpaired) electrons. The minimum atomic E-state index is -3.66. The van der Waals surface area contributed by atoms with Crippen LogP contribution in [0.4, 0.5) is 5.69 Å². The number of anilines is 1. The Bertz CT molecular complexity index is 1480. The van der Waals surface area contributed by atoms with Crippen molar-refractivity contribution in [1.82, 2.24) is 10.2 Å². The molecule has 2 amide bonds. The van der Waals surface area contributed by atoms with E-state index in [0.29, 0.717) is 48.4 Å². The zero-order valence-corrected chi connectivity index (χ0v) is 25.4. The number of carbonyl (C=O) groups excluding carboxylic acids is 2. The van der Waals surface area contributed by atoms with Gasteiger partial charge in [-0.3, -0.25) is 13.9 Å². The van der Waals surface area contributed by atoms with Gasteiger partial charge < -0.3 is 19.7 Å². The Labute approximate surface area is 252 Å². The third-order valence-electron chi connectivity index (χ3n) is 6.83. The van der Waals surface area contributed by atoms with Crippen molar-refractivity contribution >= 4 is 39.1 Å². The van der Waals surface area contributed by atoms with E-state index in [1.165, 1.54) is 4.31 Å². The van der Waals surface area contributed by atoms with Crippen molar-refractivity contribution in [2.45, 2.75) is 38.8 Å². The first-order valence-corrected chi connectivity index (χ1v) is 16.1. The number of sulfonamides is 1. The highest BCUT2D eigenvalue weighted by Crippen LogP contribution is 2.35. The molecule has 0 saturated carbocycles. The summed E-state index contributed by atoms with van der Waals surface area (Å²) in [6, 6.07) is 20.9. The normalized spacial score (nSPS) is 13.2. The predicted octanol–water partition coefficient (Wildman–Crippen LogP) is 4.43. The van der Waals surface area contributed by atoms with E-state index in [4.69, 9.17) is 21.1 Å². The molecule has 1 heterocycles. The smallest absolute Gasteiger partial charge is 0.243 e. The van der Waals surface area contributed by atoms with E-state index in [-0.39, 0.29) is 37.7 Å². The van der Waals surface area contributed by atoms with Crippen LogP contribution in [0.1, 0.15) is 30.9 Å². The predicted molar refractivity (Wildman–Crippen MR) is 163 cm³/mol. The fourth-order valence-electron chi connectivity index (χ4n) is 4.87. The number of ether oxygens (including phenoxy) is 2. The Kier molecular flexibility index (Phi) is 10.7. The van der Waals surface area contributed by atoms with Crippen molar-refractivity contribution in [2.75, 3.05) is 36.9 Å². The molecular formula is C31H36ClN3O6S. The van der Waals surface area contributed by atoms with Crippen molar-refractivity contribution in [3.63, 3.8) is 0 Å². The summed E-state index contributed by atoms with van der Waals surface area (Å²) in [6.45, 7) is 3.30. The zero-order valence-electron chi connectivity index (χ0n) is 23.8. The number of amides is 2. The molecule has 3 aromatic rings. The molecule has 42 heavy (non-hydrogen) atoms. The van der Waals surface area contributed by atoms with Gasteiger partial charge in [0.25, 0.3) is 0 Å². The summed E-state index contributed by atoms with van der Waals surface area (Å²) in [5.41, 5.74) is 2.13. The highest BCUT2D eigenvalue weighted by Gasteiger charge is 2.30. The van der Waals surface area contributed by atoms with E-state index in [9.17, 15) is 18.0 Å². The Morgan fingerprint density at radius 3 is 2.36 bits per heavy atom. The first-order chi connectivity index (χ1) is 20.2. The number of likely N-dealkylation sites (N-methyl/N-ethyl adjacent to an activating group) is 1. The molecule has 4 rings (SSSR count). The summed E-state index contributed by atoms with van der Waals surface area (Å²) in [5, 5.41) is 3.40. The second-order valence-electron chi connectivity index (χ2n) is 10.0. The number of rotatable bonds is 13. The van der Waals surface area contributed by atoms with E-state index in [0.717, 1.165) is 17.4 Å². The van der Waals surface area contributed by atoms with Crippen molar-refractivity contribution in [1.29, 1.82) is 0 Å². The summed E-state index contributed by atoms with van der Waals surface area (Å²) in [5.74, 6) is 0.505. The van der Waals surface area contributed by atoms with Gasteiger partial charge in [0.05, 0.1) is 11.9 Å². The highest BCUT2D eigenvalue weighted by molar-refractivity contribution is 7.92. The molecule has 9 nitrogen and oxygen atoms in total. The van der Waals surface area contributed by atoms with Crippen LogP contribution in [-0.4, -0.2) is 63.7 Å². The van der Waals surface area contributed by atoms with Gasteiger partial charge >= 0.3 is 0 Å². The Morgan fingerprint density at radius 2 is 1.67 bits per heavy atom. The lowest BCUT2D eigenvalue weighted by Gasteiger charge is -2.32. The summed E-state index contributed by atoms with van der Waals surface area (Å²) >= 11 is 6.23. The monoisotopic (exact) mass is 613 g/mol. The van der Waals surface area contributed by atoms with Crippen molar-refractivity contribution in [3.05, 3.63) is 88.9 Å². The minimum Gasteiger partial charge on any atom is -0.486 e. The molecule has 0 bridgehead atoms. The molecule has 0 aromatic heterocycles. The van der Waals surface area contributed by atoms with E-state index >= 15 is 0 Å². The standard InChI is InChI=1S/C31H36ClN3O6S/c1-3-33-31(37)27(20-23-9-5-4-6-10-23)34(22-24-11-7-12-25(32)19-24)30(36)13-8-16-35(42(2,38)39)26-14-15-28-29(21-26)41-18-17-40-28/h4-7,9-12,14-15,19,21,27H,3,8,13,16-18,20,22H2,1-2H3,(H,33,37)/t27-/m0/s1. The molecule has 1 aliphatic heterocycles. The lowest BCUT2D eigenvalue weighted by molar-refractivity contribution is -0.141. The third-order valence-corrected chi connectivity index (χ3v) is 8.26. The maximum Gasteiger partial charge on any atom is 0.243 e. The summed E-state index contributed by atoms with van der Waals surface area (Å²) in [4.78, 5) is 28.7. The molecular weight excluding hydrogens is 578 g/mol. The summed E-state index contributed by atoms with van der Waals surface area (Å²) in [6.07, 6.45) is 1.72. The van der Waals surface area contributed by atoms with E-state index < -0.39 is 16.1 Å². The topological polar surface area (TPSA) is 105 Å². The van der Waals surface area contributed by atoms with E-state index in [1.54, 1.807) is 41.3 Å². The molecule has 0 saturated heterocycles. The molecule has 1 aliphatic rings. The van der Waals surface area contributed by atoms with Crippen molar-refractivity contribution in [2.24, 2.45) is 0 Å². The lowest BCUT2D eigenvalue weighted by Crippen LogP contribution is -2.50. The first kappa shape index (κ1) is 31.2. The number of benzene rings is 3. The zero-order chi connectivity index (χ0) is 30.1. The van der Waals surface area contributed by atoms with E-state index in [2.05, 4.69) is 5.32 Å². The largest absolute Gasteiger partial charge is 0.486 e. The number of fused-ring (bicyclic) bond motifs is 1. The maximum absolute atomic E-state index is 13.8. The van der Waals surface area contributed by atoms with Gasteiger partial charge in [-0.05, 0) is 48.7 Å². The molecule has 1 atom stereocenters. The van der Waals surface area contributed by atoms with Gasteiger partial charge in [-0.1, -0.05) is 54.1 Å². The SMILES string of the molecule is CCNC(=O)[C@H](Cc1ccccc1)N(Cc1cccc(Cl)c1)C(=O)CCCN(c1ccc2c(c1)OCCO2)S(C)(=O)=O. The fourth-order valence-corrected chi connectivity index (χ4v) is 6.04. The van der Waals surface area contributed by atoms with Crippen LogP contribution < -0.4 is 19.1 Å². The molecule has 0 fully saturated rings. The number of nitrogens with zero attached hydrogens (tertiary/aromatic N) is 2. The average molecular weight is 614 g/mol. The molecule has 3 aromatic carbocycles. The van der Waals surface area contributed by atoms with Crippen LogP contribution in [-0.2, 0) is 32.6 Å². The van der Waals surface area contributed by atoms with Gasteiger partial charge in [0.2, 0.25) is 21.8 Å². The second kappa shape index (κ2) is 14.4. The lowest BCUT2D eigenvalue weighted by atomic mass is 10.0. The highest BCUT2D eigenvalue weighted by atomic mass is 35.5. The molecule has 1 N–H and O–H groups in total. The Balaban J connectivity index is 1.56. The number of nitrogens with one attached hydrogen (secondary N) is 1. The second-order valence-corrected chi connectivity index (χ2v) is 12.4. The van der Waals surface area contributed by atoms with Gasteiger partial charge in [-0.2, -0.15) is 0 Å². The number of hydrogen-bond acceptors (Lipinski definition) is 6. The van der Waals surface area contributed by atoms with Crippen LogP contribution in [0, 0.1) is 0 Å². The minimum absolute atomic E-state index is 0.0296. The fraction of sp³-hybridized carbons (Fsp3) is 0.355. The molecule has 0 unspecified atom stereocenters. The third kappa shape index (κ3) is 8.39. The first-order valence-electron chi connectivity index (χ1n) is 13.9. The van der Waals surface area contributed by atoms with Gasteiger partial charge in [-0.15, -0.1) is 0 Å². The Hall–Kier alpha value is -3.76. The van der Waals surface area contributed by atoms with Crippen LogP contribution in [0.3, 0.4) is 0 Å². The van der Waals surface area contributed by atoms with Crippen LogP contribution in [0.2, 0.25) is 5.02 Å². The Morgan fingerprint density at radius 1 is 0.952 bits per heavy atom. The molecule has 0 aliphatic carbocycles. The quantitative estimate of drug-likeness (QED) is 0.306. The number of halogens is 1. The van der Waals surface area contributed by atoms with Gasteiger partial charge in [0.15, 0.2) is 11.5 Å². The van der Waals surface area contributed by atoms with Crippen LogP contribution in [0.5, 0.6) is 11.5 Å². The molecule has 224 valence electrons. The van der Waals surface area contributed by atoms with Crippen molar-refractivity contribution in [3.8, 4) is 11.5 Å². The molecule has 11 heteroatoms. The summed E-state index contributed by atoms with van der Waals surface area (Å²) in [7, 11) is -3.66. The number of hydrogen-bond donors (Lipinski definition) is 1. The van der Waals surface area contributed by atoms with Crippen LogP contribution in [0.25, 0.3) is 0 Å². The van der Waals surface area contributed by atoms with E-state index in [1.807, 2.05) is 43.3 Å². The number of carbonyl (C=O) groups is 2. The van der Waals surface area contributed by atoms with Crippen LogP contribution >= 0.6 is 11.6 Å². The van der Waals surface area contributed by atoms with Gasteiger partial charge in [-0.25, -0.2) is 8.42 Å². The van der Waals surface area contributed by atoms with Gasteiger partial charge in [0, 0.05) is 43.6 Å². The van der Waals surface area contributed by atoms with Crippen molar-refractivity contribution < 1.29 is 27.5 Å². The van der Waals surface area contributed by atoms with Gasteiger partial charge in [0.1, 0.15) is 19.3 Å². The molecule has 0 spiro atoms. The maximum atomic E-state index is 13.8. The average Bonchev–Trinajstić information content (AvgIpc) is 2.97. The van der Waals surface area contributed by atoms with Crippen LogP contribution in [0.15, 0.2) is 72.8 Å².